The molecule has 0 spiro atoms. The van der Waals surface area contributed by atoms with Crippen molar-refractivity contribution in [2.75, 3.05) is 5.32 Å². The van der Waals surface area contributed by atoms with Crippen LogP contribution in [0.3, 0.4) is 0 Å². The van der Waals surface area contributed by atoms with Crippen molar-refractivity contribution in [3.8, 4) is 0 Å². The van der Waals surface area contributed by atoms with E-state index in [1.165, 1.54) is 0 Å². The summed E-state index contributed by atoms with van der Waals surface area (Å²) < 4.78 is 0.670. The normalized spacial score (nSPS) is 17.7. The van der Waals surface area contributed by atoms with E-state index >= 15 is 0 Å². The first-order valence-corrected chi connectivity index (χ1v) is 7.60. The van der Waals surface area contributed by atoms with Crippen molar-refractivity contribution in [3.05, 3.63) is 17.0 Å². The molecule has 0 bridgehead atoms. The average molecular weight is 326 g/mol. The quantitative estimate of drug-likeness (QED) is 0.916. The second kappa shape index (κ2) is 5.99. The van der Waals surface area contributed by atoms with Crippen molar-refractivity contribution < 1.29 is 4.79 Å². The largest absolute Gasteiger partial charge is 0.309 e. The Balaban J connectivity index is 2.09. The van der Waals surface area contributed by atoms with Crippen molar-refractivity contribution in [1.82, 2.24) is 9.97 Å². The monoisotopic (exact) mass is 325 g/mol. The summed E-state index contributed by atoms with van der Waals surface area (Å²) in [6.45, 7) is 4.35. The molecule has 1 amide bonds. The van der Waals surface area contributed by atoms with E-state index in [9.17, 15) is 4.79 Å². The number of carbonyl (C=O) groups excluding carboxylic acids is 1. The molecule has 0 saturated heterocycles. The van der Waals surface area contributed by atoms with Crippen LogP contribution in [0.5, 0.6) is 0 Å². The second-order valence-electron chi connectivity index (χ2n) is 5.76. The van der Waals surface area contributed by atoms with Crippen LogP contribution in [-0.2, 0) is 4.79 Å². The van der Waals surface area contributed by atoms with Crippen molar-refractivity contribution in [2.45, 2.75) is 46.0 Å². The first-order valence-electron chi connectivity index (χ1n) is 6.81. The number of anilines is 1. The van der Waals surface area contributed by atoms with Gasteiger partial charge in [0.05, 0.1) is 12.4 Å². The number of hydrogen-bond acceptors (Lipinski definition) is 3. The molecule has 1 fully saturated rings. The molecule has 1 saturated carbocycles. The summed E-state index contributed by atoms with van der Waals surface area (Å²) in [4.78, 5) is 20.8. The molecule has 1 aromatic rings. The van der Waals surface area contributed by atoms with Crippen LogP contribution in [0.4, 0.5) is 5.82 Å². The number of carbonyl (C=O) groups is 1. The molecule has 5 heteroatoms. The van der Waals surface area contributed by atoms with Gasteiger partial charge >= 0.3 is 0 Å². The van der Waals surface area contributed by atoms with Gasteiger partial charge in [0.2, 0.25) is 5.91 Å². The van der Waals surface area contributed by atoms with Gasteiger partial charge in [-0.15, -0.1) is 0 Å². The van der Waals surface area contributed by atoms with Gasteiger partial charge in [-0.2, -0.15) is 0 Å². The molecular formula is C14H20BrN3O. The number of nitrogens with zero attached hydrogens (tertiary/aromatic N) is 2. The minimum absolute atomic E-state index is 0.107. The second-order valence-corrected chi connectivity index (χ2v) is 6.58. The van der Waals surface area contributed by atoms with Crippen molar-refractivity contribution in [1.29, 1.82) is 0 Å². The summed E-state index contributed by atoms with van der Waals surface area (Å²) in [5.41, 5.74) is -0.205. The van der Waals surface area contributed by atoms with Crippen molar-refractivity contribution >= 4 is 27.7 Å². The topological polar surface area (TPSA) is 54.9 Å². The predicted octanol–water partition coefficient (Wildman–Crippen LogP) is 3.78. The molecule has 19 heavy (non-hydrogen) atoms. The number of halogens is 1. The fourth-order valence-electron chi connectivity index (χ4n) is 2.98. The van der Waals surface area contributed by atoms with Gasteiger partial charge < -0.3 is 5.32 Å². The van der Waals surface area contributed by atoms with Gasteiger partial charge in [-0.05, 0) is 41.1 Å². The lowest BCUT2D eigenvalue weighted by atomic mass is 9.77. The highest BCUT2D eigenvalue weighted by atomic mass is 79.9. The van der Waals surface area contributed by atoms with E-state index in [0.29, 0.717) is 16.3 Å². The molecule has 0 aromatic carbocycles. The van der Waals surface area contributed by atoms with Crippen LogP contribution in [0.2, 0.25) is 0 Å². The highest BCUT2D eigenvalue weighted by Crippen LogP contribution is 2.43. The molecule has 104 valence electrons. The third-order valence-electron chi connectivity index (χ3n) is 3.70. The summed E-state index contributed by atoms with van der Waals surface area (Å²) in [6, 6.07) is 0. The van der Waals surface area contributed by atoms with E-state index in [1.54, 1.807) is 12.4 Å². The molecule has 1 aliphatic carbocycles. The number of hydrogen-bond donors (Lipinski definition) is 1. The number of rotatable bonds is 4. The Kier molecular flexibility index (Phi) is 4.55. The molecule has 1 N–H and O–H groups in total. The highest BCUT2D eigenvalue weighted by Gasteiger charge is 2.41. The van der Waals surface area contributed by atoms with Crippen LogP contribution in [0, 0.1) is 11.3 Å². The zero-order chi connectivity index (χ0) is 13.9. The lowest BCUT2D eigenvalue weighted by Gasteiger charge is -2.29. The number of nitrogens with one attached hydrogen (secondary N) is 1. The molecule has 0 atom stereocenters. The molecule has 1 heterocycles. The van der Waals surface area contributed by atoms with E-state index in [4.69, 9.17) is 0 Å². The Morgan fingerprint density at radius 3 is 2.58 bits per heavy atom. The van der Waals surface area contributed by atoms with Gasteiger partial charge in [-0.1, -0.05) is 26.7 Å². The van der Waals surface area contributed by atoms with Gasteiger partial charge in [-0.3, -0.25) is 4.79 Å². The first-order chi connectivity index (χ1) is 9.02. The van der Waals surface area contributed by atoms with Gasteiger partial charge in [0.25, 0.3) is 0 Å². The maximum Gasteiger partial charge on any atom is 0.231 e. The smallest absolute Gasteiger partial charge is 0.231 e. The Hall–Kier alpha value is -0.970. The number of aromatic nitrogens is 2. The van der Waals surface area contributed by atoms with Crippen LogP contribution < -0.4 is 5.32 Å². The molecule has 1 aliphatic rings. The van der Waals surface area contributed by atoms with Gasteiger partial charge in [-0.25, -0.2) is 9.97 Å². The van der Waals surface area contributed by atoms with Gasteiger partial charge in [0.1, 0.15) is 4.60 Å². The molecule has 2 rings (SSSR count). The van der Waals surface area contributed by atoms with E-state index in [0.717, 1.165) is 32.1 Å². The zero-order valence-electron chi connectivity index (χ0n) is 11.4. The lowest BCUT2D eigenvalue weighted by molar-refractivity contribution is -0.126. The van der Waals surface area contributed by atoms with Crippen LogP contribution >= 0.6 is 15.9 Å². The standard InChI is InChI=1S/C14H20BrN3O/c1-10(2)7-14(5-3-4-6-14)13(19)18-12-9-16-11(15)8-17-12/h8-10H,3-7H2,1-2H3,(H,17,18,19). The molecule has 0 aliphatic heterocycles. The molecule has 4 nitrogen and oxygen atoms in total. The first kappa shape index (κ1) is 14.4. The Bertz CT molecular complexity index is 439. The van der Waals surface area contributed by atoms with Crippen LogP contribution in [0.25, 0.3) is 0 Å². The Labute approximate surface area is 122 Å². The maximum absolute atomic E-state index is 12.6. The summed E-state index contributed by atoms with van der Waals surface area (Å²) in [5.74, 6) is 1.17. The molecule has 1 aromatic heterocycles. The number of amides is 1. The molecular weight excluding hydrogens is 306 g/mol. The van der Waals surface area contributed by atoms with E-state index < -0.39 is 0 Å². The van der Waals surface area contributed by atoms with Gasteiger partial charge in [0, 0.05) is 5.41 Å². The van der Waals surface area contributed by atoms with Crippen LogP contribution in [0.15, 0.2) is 17.0 Å². The third-order valence-corrected chi connectivity index (χ3v) is 4.11. The third kappa shape index (κ3) is 3.53. The SMILES string of the molecule is CC(C)CC1(C(=O)Nc2cnc(Br)cn2)CCCC1. The van der Waals surface area contributed by atoms with Crippen molar-refractivity contribution in [2.24, 2.45) is 11.3 Å². The van der Waals surface area contributed by atoms with E-state index in [-0.39, 0.29) is 11.3 Å². The predicted molar refractivity (Wildman–Crippen MR) is 78.7 cm³/mol. The zero-order valence-corrected chi connectivity index (χ0v) is 13.0. The minimum atomic E-state index is -0.205. The van der Waals surface area contributed by atoms with E-state index in [1.807, 2.05) is 0 Å². The highest BCUT2D eigenvalue weighted by molar-refractivity contribution is 9.10. The summed E-state index contributed by atoms with van der Waals surface area (Å²) in [5, 5.41) is 2.92. The lowest BCUT2D eigenvalue weighted by Crippen LogP contribution is -2.35. The maximum atomic E-state index is 12.6. The van der Waals surface area contributed by atoms with Gasteiger partial charge in [0.15, 0.2) is 5.82 Å². The average Bonchev–Trinajstić information content (AvgIpc) is 2.81. The molecule has 0 radical (unpaired) electrons. The minimum Gasteiger partial charge on any atom is -0.309 e. The summed E-state index contributed by atoms with van der Waals surface area (Å²) >= 11 is 3.23. The molecule has 0 unspecified atom stereocenters. The fraction of sp³-hybridized carbons (Fsp3) is 0.643. The summed E-state index contributed by atoms with van der Waals surface area (Å²) in [7, 11) is 0. The fourth-order valence-corrected chi connectivity index (χ4v) is 3.19. The van der Waals surface area contributed by atoms with E-state index in [2.05, 4.69) is 45.1 Å². The Morgan fingerprint density at radius 2 is 2.05 bits per heavy atom. The van der Waals surface area contributed by atoms with Crippen molar-refractivity contribution in [3.63, 3.8) is 0 Å². The van der Waals surface area contributed by atoms with Crippen LogP contribution in [0.1, 0.15) is 46.0 Å². The van der Waals surface area contributed by atoms with Crippen LogP contribution in [-0.4, -0.2) is 15.9 Å². The Morgan fingerprint density at radius 1 is 1.37 bits per heavy atom. The summed E-state index contributed by atoms with van der Waals surface area (Å²) in [6.07, 6.45) is 8.39.